The first-order chi connectivity index (χ1) is 12.8. The molecule has 3 rings (SSSR count). The third-order valence-electron chi connectivity index (χ3n) is 3.73. The summed E-state index contributed by atoms with van der Waals surface area (Å²) in [5.74, 6) is -0.0777. The maximum Gasteiger partial charge on any atom is 0.262 e. The first-order valence-corrected chi connectivity index (χ1v) is 9.81. The average molecular weight is 407 g/mol. The van der Waals surface area contributed by atoms with Crippen LogP contribution in [0.15, 0.2) is 65.8 Å². The molecule has 0 aliphatic carbocycles. The predicted molar refractivity (Wildman–Crippen MR) is 102 cm³/mol. The van der Waals surface area contributed by atoms with Gasteiger partial charge in [-0.05, 0) is 55.0 Å². The Balaban J connectivity index is 1.75. The summed E-state index contributed by atoms with van der Waals surface area (Å²) in [6.45, 7) is 1.81. The standard InChI is InChI=1S/C19H16ClFN2O3S/c1-13-9-15(21)4-7-19(13)27(24,25)23-16-5-6-18(17(20)10-16)26-12-14-3-2-8-22-11-14/h2-11,23H,12H2,1H3. The molecule has 0 fully saturated rings. The number of benzene rings is 2. The molecule has 0 atom stereocenters. The van der Waals surface area contributed by atoms with E-state index in [9.17, 15) is 12.8 Å². The number of nitrogens with one attached hydrogen (secondary N) is 1. The van der Waals surface area contributed by atoms with Crippen LogP contribution in [-0.4, -0.2) is 13.4 Å². The van der Waals surface area contributed by atoms with Crippen LogP contribution in [0.25, 0.3) is 0 Å². The van der Waals surface area contributed by atoms with E-state index in [0.717, 1.165) is 17.7 Å². The van der Waals surface area contributed by atoms with Crippen LogP contribution in [0.1, 0.15) is 11.1 Å². The molecule has 0 bridgehead atoms. The topological polar surface area (TPSA) is 68.3 Å². The lowest BCUT2D eigenvalue weighted by atomic mass is 10.2. The average Bonchev–Trinajstić information content (AvgIpc) is 2.61. The monoisotopic (exact) mass is 406 g/mol. The molecule has 0 aliphatic rings. The Hall–Kier alpha value is -2.64. The molecule has 0 radical (unpaired) electrons. The normalized spacial score (nSPS) is 11.2. The fourth-order valence-corrected chi connectivity index (χ4v) is 3.96. The molecule has 1 heterocycles. The van der Waals surface area contributed by atoms with Crippen LogP contribution in [0.3, 0.4) is 0 Å². The minimum Gasteiger partial charge on any atom is -0.487 e. The molecule has 0 aliphatic heterocycles. The smallest absolute Gasteiger partial charge is 0.262 e. The maximum absolute atomic E-state index is 13.2. The van der Waals surface area contributed by atoms with Gasteiger partial charge in [-0.2, -0.15) is 0 Å². The Morgan fingerprint density at radius 1 is 1.19 bits per heavy atom. The van der Waals surface area contributed by atoms with E-state index in [1.165, 1.54) is 19.1 Å². The molecule has 0 spiro atoms. The van der Waals surface area contributed by atoms with Crippen LogP contribution in [0, 0.1) is 12.7 Å². The highest BCUT2D eigenvalue weighted by molar-refractivity contribution is 7.92. The van der Waals surface area contributed by atoms with Gasteiger partial charge in [-0.15, -0.1) is 0 Å². The Bertz CT molecular complexity index is 1060. The van der Waals surface area contributed by atoms with E-state index in [-0.39, 0.29) is 22.2 Å². The van der Waals surface area contributed by atoms with Gasteiger partial charge in [0.1, 0.15) is 18.2 Å². The summed E-state index contributed by atoms with van der Waals surface area (Å²) >= 11 is 6.20. The molecule has 1 N–H and O–H groups in total. The summed E-state index contributed by atoms with van der Waals surface area (Å²) in [6, 6.07) is 11.7. The largest absolute Gasteiger partial charge is 0.487 e. The van der Waals surface area contributed by atoms with Crippen LogP contribution in [0.4, 0.5) is 10.1 Å². The molecule has 0 saturated heterocycles. The molecule has 2 aromatic carbocycles. The molecule has 8 heteroatoms. The van der Waals surface area contributed by atoms with E-state index in [4.69, 9.17) is 16.3 Å². The number of rotatable bonds is 6. The quantitative estimate of drug-likeness (QED) is 0.651. The van der Waals surface area contributed by atoms with Gasteiger partial charge >= 0.3 is 0 Å². The number of aryl methyl sites for hydroxylation is 1. The van der Waals surface area contributed by atoms with E-state index in [1.807, 2.05) is 6.07 Å². The van der Waals surface area contributed by atoms with Crippen LogP contribution >= 0.6 is 11.6 Å². The number of hydrogen-bond acceptors (Lipinski definition) is 4. The van der Waals surface area contributed by atoms with Gasteiger partial charge in [0.15, 0.2) is 0 Å². The van der Waals surface area contributed by atoms with Crippen molar-refractivity contribution in [2.45, 2.75) is 18.4 Å². The maximum atomic E-state index is 13.2. The minimum atomic E-state index is -3.87. The highest BCUT2D eigenvalue weighted by Gasteiger charge is 2.18. The second-order valence-electron chi connectivity index (χ2n) is 5.81. The van der Waals surface area contributed by atoms with Crippen LogP contribution in [-0.2, 0) is 16.6 Å². The highest BCUT2D eigenvalue weighted by atomic mass is 35.5. The Kier molecular flexibility index (Phi) is 5.62. The molecule has 1 aromatic heterocycles. The van der Waals surface area contributed by atoms with Crippen molar-refractivity contribution >= 4 is 27.3 Å². The Labute approximate surface area is 161 Å². The number of hydrogen-bond donors (Lipinski definition) is 1. The van der Waals surface area contributed by atoms with Gasteiger partial charge in [0.25, 0.3) is 10.0 Å². The minimum absolute atomic E-state index is 0.00285. The van der Waals surface area contributed by atoms with Gasteiger partial charge in [0, 0.05) is 18.0 Å². The van der Waals surface area contributed by atoms with Crippen LogP contribution in [0.5, 0.6) is 5.75 Å². The van der Waals surface area contributed by atoms with Crippen molar-refractivity contribution < 1.29 is 17.5 Å². The van der Waals surface area contributed by atoms with Gasteiger partial charge in [0.05, 0.1) is 15.6 Å². The summed E-state index contributed by atoms with van der Waals surface area (Å²) in [7, 11) is -3.87. The van der Waals surface area contributed by atoms with Gasteiger partial charge in [-0.1, -0.05) is 17.7 Å². The van der Waals surface area contributed by atoms with Gasteiger partial charge < -0.3 is 4.74 Å². The molecule has 0 amide bonds. The third kappa shape index (κ3) is 4.75. The van der Waals surface area contributed by atoms with Crippen molar-refractivity contribution in [3.63, 3.8) is 0 Å². The second-order valence-corrected chi connectivity index (χ2v) is 7.87. The predicted octanol–water partition coefficient (Wildman–Crippen LogP) is 4.56. The van der Waals surface area contributed by atoms with Crippen molar-refractivity contribution in [2.24, 2.45) is 0 Å². The SMILES string of the molecule is Cc1cc(F)ccc1S(=O)(=O)Nc1ccc(OCc2cccnc2)c(Cl)c1. The van der Waals surface area contributed by atoms with Crippen molar-refractivity contribution in [3.05, 3.63) is 82.9 Å². The fraction of sp³-hybridized carbons (Fsp3) is 0.105. The lowest BCUT2D eigenvalue weighted by molar-refractivity contribution is 0.306. The van der Waals surface area contributed by atoms with Crippen molar-refractivity contribution in [1.82, 2.24) is 4.98 Å². The van der Waals surface area contributed by atoms with Crippen molar-refractivity contribution in [1.29, 1.82) is 0 Å². The number of pyridine rings is 1. The number of anilines is 1. The number of ether oxygens (including phenoxy) is 1. The third-order valence-corrected chi connectivity index (χ3v) is 5.56. The van der Waals surface area contributed by atoms with E-state index in [2.05, 4.69) is 9.71 Å². The van der Waals surface area contributed by atoms with Crippen molar-refractivity contribution in [3.8, 4) is 5.75 Å². The zero-order chi connectivity index (χ0) is 19.4. The van der Waals surface area contributed by atoms with Crippen LogP contribution < -0.4 is 9.46 Å². The number of aromatic nitrogens is 1. The van der Waals surface area contributed by atoms with E-state index < -0.39 is 15.8 Å². The summed E-state index contributed by atoms with van der Waals surface area (Å²) < 4.78 is 46.3. The zero-order valence-electron chi connectivity index (χ0n) is 14.3. The first-order valence-electron chi connectivity index (χ1n) is 7.95. The Morgan fingerprint density at radius 2 is 2.00 bits per heavy atom. The second kappa shape index (κ2) is 7.94. The summed E-state index contributed by atoms with van der Waals surface area (Å²) in [5.41, 5.74) is 1.47. The molecule has 140 valence electrons. The number of halogens is 2. The lowest BCUT2D eigenvalue weighted by Gasteiger charge is -2.12. The van der Waals surface area contributed by atoms with E-state index >= 15 is 0 Å². The zero-order valence-corrected chi connectivity index (χ0v) is 15.9. The fourth-order valence-electron chi connectivity index (χ4n) is 2.45. The molecule has 27 heavy (non-hydrogen) atoms. The molecular weight excluding hydrogens is 391 g/mol. The van der Waals surface area contributed by atoms with Gasteiger partial charge in [-0.3, -0.25) is 9.71 Å². The van der Waals surface area contributed by atoms with Gasteiger partial charge in [-0.25, -0.2) is 12.8 Å². The summed E-state index contributed by atoms with van der Waals surface area (Å²) in [4.78, 5) is 4.00. The summed E-state index contributed by atoms with van der Waals surface area (Å²) in [6.07, 6.45) is 3.35. The molecule has 3 aromatic rings. The van der Waals surface area contributed by atoms with Crippen LogP contribution in [0.2, 0.25) is 5.02 Å². The van der Waals surface area contributed by atoms with E-state index in [1.54, 1.807) is 30.6 Å². The molecular formula is C19H16ClFN2O3S. The number of sulfonamides is 1. The van der Waals surface area contributed by atoms with Gasteiger partial charge in [0.2, 0.25) is 0 Å². The molecule has 0 unspecified atom stereocenters. The first kappa shape index (κ1) is 19.1. The number of nitrogens with zero attached hydrogens (tertiary/aromatic N) is 1. The molecule has 0 saturated carbocycles. The van der Waals surface area contributed by atoms with E-state index in [0.29, 0.717) is 11.3 Å². The lowest BCUT2D eigenvalue weighted by Crippen LogP contribution is -2.14. The Morgan fingerprint density at radius 3 is 2.67 bits per heavy atom. The van der Waals surface area contributed by atoms with Crippen molar-refractivity contribution in [2.75, 3.05) is 4.72 Å². The summed E-state index contributed by atoms with van der Waals surface area (Å²) in [5, 5.41) is 0.259. The highest BCUT2D eigenvalue weighted by Crippen LogP contribution is 2.30. The molecule has 5 nitrogen and oxygen atoms in total.